The molecule has 0 amide bonds. The molecule has 1 saturated heterocycles. The Kier molecular flexibility index (Phi) is 3.77. The van der Waals surface area contributed by atoms with Gasteiger partial charge in [0, 0.05) is 19.2 Å². The van der Waals surface area contributed by atoms with Crippen molar-refractivity contribution in [2.45, 2.75) is 19.8 Å². The molecule has 0 radical (unpaired) electrons. The number of nitrogens with zero attached hydrogens (tertiary/aromatic N) is 3. The van der Waals surface area contributed by atoms with Crippen LogP contribution in [0.3, 0.4) is 0 Å². The zero-order chi connectivity index (χ0) is 15.0. The summed E-state index contributed by atoms with van der Waals surface area (Å²) in [7, 11) is 0. The van der Waals surface area contributed by atoms with E-state index in [-0.39, 0.29) is 10.6 Å². The van der Waals surface area contributed by atoms with Crippen molar-refractivity contribution in [3.05, 3.63) is 27.3 Å². The average Bonchev–Trinajstić information content (AvgIpc) is 2.85. The lowest BCUT2D eigenvalue weighted by atomic mass is 9.97. The van der Waals surface area contributed by atoms with Gasteiger partial charge < -0.3 is 10.6 Å². The number of aromatic nitrogens is 1. The molecule has 21 heavy (non-hydrogen) atoms. The summed E-state index contributed by atoms with van der Waals surface area (Å²) in [6, 6.07) is 3.51. The summed E-state index contributed by atoms with van der Waals surface area (Å²) in [4.78, 5) is 17.7. The van der Waals surface area contributed by atoms with E-state index in [2.05, 4.69) is 9.88 Å². The maximum atomic E-state index is 11.4. The number of nitro benzene ring substituents is 1. The first-order valence-electron chi connectivity index (χ1n) is 7.09. The molecule has 0 aliphatic carbocycles. The molecule has 7 heteroatoms. The second-order valence-corrected chi connectivity index (χ2v) is 6.72. The van der Waals surface area contributed by atoms with E-state index in [9.17, 15) is 10.1 Å². The van der Waals surface area contributed by atoms with Crippen LogP contribution < -0.4 is 10.6 Å². The van der Waals surface area contributed by atoms with Crippen LogP contribution in [0.25, 0.3) is 10.2 Å². The van der Waals surface area contributed by atoms with Crippen LogP contribution in [-0.4, -0.2) is 29.5 Å². The molecule has 1 fully saturated rings. The Labute approximate surface area is 126 Å². The summed E-state index contributed by atoms with van der Waals surface area (Å²) < 4.78 is 0.871. The van der Waals surface area contributed by atoms with Crippen LogP contribution in [0.2, 0.25) is 0 Å². The van der Waals surface area contributed by atoms with E-state index in [1.165, 1.54) is 11.3 Å². The van der Waals surface area contributed by atoms with Gasteiger partial charge in [0.15, 0.2) is 0 Å². The molecule has 1 aromatic carbocycles. The number of nitro groups is 1. The Hall–Kier alpha value is -1.73. The van der Waals surface area contributed by atoms with Gasteiger partial charge in [0.2, 0.25) is 0 Å². The SMILES string of the molecule is Cc1nc2cc(N3CCCC(CN)C3)c([N+](=O)[O-])cc2s1. The lowest BCUT2D eigenvalue weighted by Crippen LogP contribution is -2.38. The highest BCUT2D eigenvalue weighted by Gasteiger charge is 2.26. The number of benzene rings is 1. The molecule has 0 bridgehead atoms. The van der Waals surface area contributed by atoms with Gasteiger partial charge in [0.25, 0.3) is 5.69 Å². The standard InChI is InChI=1S/C14H18N4O2S/c1-9-16-11-5-12(13(18(19)20)6-14(11)21-9)17-4-2-3-10(7-15)8-17/h5-6,10H,2-4,7-8,15H2,1H3. The smallest absolute Gasteiger partial charge is 0.294 e. The Morgan fingerprint density at radius 2 is 2.38 bits per heavy atom. The lowest BCUT2D eigenvalue weighted by molar-refractivity contribution is -0.384. The maximum Gasteiger partial charge on any atom is 0.294 e. The number of rotatable bonds is 3. The van der Waals surface area contributed by atoms with Crippen LogP contribution >= 0.6 is 11.3 Å². The van der Waals surface area contributed by atoms with Gasteiger partial charge >= 0.3 is 0 Å². The number of thiazole rings is 1. The number of aryl methyl sites for hydroxylation is 1. The number of piperidine rings is 1. The van der Waals surface area contributed by atoms with Gasteiger partial charge in [-0.15, -0.1) is 11.3 Å². The van der Waals surface area contributed by atoms with E-state index in [0.717, 1.165) is 41.2 Å². The van der Waals surface area contributed by atoms with E-state index in [0.29, 0.717) is 18.2 Å². The highest BCUT2D eigenvalue weighted by atomic mass is 32.1. The van der Waals surface area contributed by atoms with Gasteiger partial charge in [0.1, 0.15) is 5.69 Å². The predicted molar refractivity (Wildman–Crippen MR) is 85.0 cm³/mol. The number of hydrogen-bond acceptors (Lipinski definition) is 6. The molecule has 6 nitrogen and oxygen atoms in total. The largest absolute Gasteiger partial charge is 0.366 e. The fourth-order valence-corrected chi connectivity index (χ4v) is 3.79. The monoisotopic (exact) mass is 306 g/mol. The molecule has 0 saturated carbocycles. The van der Waals surface area contributed by atoms with E-state index >= 15 is 0 Å². The quantitative estimate of drug-likeness (QED) is 0.696. The summed E-state index contributed by atoms with van der Waals surface area (Å²) >= 11 is 1.49. The van der Waals surface area contributed by atoms with Crippen LogP contribution in [0, 0.1) is 23.0 Å². The molecular formula is C14H18N4O2S. The Morgan fingerprint density at radius 3 is 3.10 bits per heavy atom. The van der Waals surface area contributed by atoms with Crippen molar-refractivity contribution >= 4 is 32.9 Å². The van der Waals surface area contributed by atoms with Gasteiger partial charge in [-0.1, -0.05) is 0 Å². The van der Waals surface area contributed by atoms with Crippen LogP contribution in [0.5, 0.6) is 0 Å². The van der Waals surface area contributed by atoms with Crippen molar-refractivity contribution in [1.29, 1.82) is 0 Å². The molecule has 3 rings (SSSR count). The molecule has 1 unspecified atom stereocenters. The number of nitrogens with two attached hydrogens (primary N) is 1. The van der Waals surface area contributed by atoms with E-state index < -0.39 is 0 Å². The number of fused-ring (bicyclic) bond motifs is 1. The molecule has 1 atom stereocenters. The summed E-state index contributed by atoms with van der Waals surface area (Å²) in [6.07, 6.45) is 2.12. The summed E-state index contributed by atoms with van der Waals surface area (Å²) in [6.45, 7) is 4.17. The number of hydrogen-bond donors (Lipinski definition) is 1. The van der Waals surface area contributed by atoms with Crippen LogP contribution in [0.4, 0.5) is 11.4 Å². The third-order valence-corrected chi connectivity index (χ3v) is 4.92. The first kappa shape index (κ1) is 14.2. The van der Waals surface area contributed by atoms with Crippen molar-refractivity contribution in [3.63, 3.8) is 0 Å². The van der Waals surface area contributed by atoms with Crippen molar-refractivity contribution in [2.24, 2.45) is 11.7 Å². The second kappa shape index (κ2) is 5.57. The van der Waals surface area contributed by atoms with E-state index in [1.54, 1.807) is 6.07 Å². The maximum absolute atomic E-state index is 11.4. The Morgan fingerprint density at radius 1 is 1.57 bits per heavy atom. The Bertz CT molecular complexity index is 685. The lowest BCUT2D eigenvalue weighted by Gasteiger charge is -2.33. The molecule has 0 spiro atoms. The third kappa shape index (κ3) is 2.71. The molecule has 2 N–H and O–H groups in total. The molecule has 1 aliphatic heterocycles. The van der Waals surface area contributed by atoms with E-state index in [1.807, 2.05) is 13.0 Å². The zero-order valence-electron chi connectivity index (χ0n) is 11.9. The minimum absolute atomic E-state index is 0.170. The first-order chi connectivity index (χ1) is 10.1. The topological polar surface area (TPSA) is 85.3 Å². The minimum Gasteiger partial charge on any atom is -0.366 e. The van der Waals surface area contributed by atoms with E-state index in [4.69, 9.17) is 5.73 Å². The molecule has 1 aliphatic rings. The summed E-state index contributed by atoms with van der Waals surface area (Å²) in [5.74, 6) is 0.409. The average molecular weight is 306 g/mol. The van der Waals surface area contributed by atoms with Crippen LogP contribution in [0.1, 0.15) is 17.8 Å². The van der Waals surface area contributed by atoms with Crippen molar-refractivity contribution in [1.82, 2.24) is 4.98 Å². The highest BCUT2D eigenvalue weighted by Crippen LogP contribution is 2.36. The molecule has 1 aromatic heterocycles. The van der Waals surface area contributed by atoms with Crippen molar-refractivity contribution in [3.8, 4) is 0 Å². The molecule has 2 heterocycles. The Balaban J connectivity index is 2.06. The minimum atomic E-state index is -0.296. The fourth-order valence-electron chi connectivity index (χ4n) is 2.94. The molecular weight excluding hydrogens is 288 g/mol. The third-order valence-electron chi connectivity index (χ3n) is 3.98. The normalized spacial score (nSPS) is 19.1. The van der Waals surface area contributed by atoms with Gasteiger partial charge in [-0.2, -0.15) is 0 Å². The van der Waals surface area contributed by atoms with Crippen LogP contribution in [-0.2, 0) is 0 Å². The van der Waals surface area contributed by atoms with Gasteiger partial charge in [-0.3, -0.25) is 10.1 Å². The first-order valence-corrected chi connectivity index (χ1v) is 7.90. The van der Waals surface area contributed by atoms with Gasteiger partial charge in [-0.05, 0) is 38.3 Å². The highest BCUT2D eigenvalue weighted by molar-refractivity contribution is 7.18. The van der Waals surface area contributed by atoms with Gasteiger partial charge in [-0.25, -0.2) is 4.98 Å². The molecule has 112 valence electrons. The zero-order valence-corrected chi connectivity index (χ0v) is 12.7. The summed E-state index contributed by atoms with van der Waals surface area (Å²) in [5, 5.41) is 12.3. The molecule has 2 aromatic rings. The predicted octanol–water partition coefficient (Wildman–Crippen LogP) is 2.69. The van der Waals surface area contributed by atoms with Crippen molar-refractivity contribution < 1.29 is 4.92 Å². The van der Waals surface area contributed by atoms with Gasteiger partial charge in [0.05, 0.1) is 20.1 Å². The van der Waals surface area contributed by atoms with Crippen molar-refractivity contribution in [2.75, 3.05) is 24.5 Å². The number of anilines is 1. The van der Waals surface area contributed by atoms with Crippen LogP contribution in [0.15, 0.2) is 12.1 Å². The second-order valence-electron chi connectivity index (χ2n) is 5.49. The summed E-state index contributed by atoms with van der Waals surface area (Å²) in [5.41, 5.74) is 7.45. The fraction of sp³-hybridized carbons (Fsp3) is 0.500.